The minimum absolute atomic E-state index is 0.171. The number of hydrogen-bond acceptors (Lipinski definition) is 3. The van der Waals surface area contributed by atoms with E-state index in [1.807, 2.05) is 0 Å². The second-order valence-corrected chi connectivity index (χ2v) is 8.19. The summed E-state index contributed by atoms with van der Waals surface area (Å²) in [5.74, 6) is 1.81. The Hall–Kier alpha value is -1.56. The van der Waals surface area contributed by atoms with E-state index in [2.05, 4.69) is 16.9 Å². The predicted molar refractivity (Wildman–Crippen MR) is 94.0 cm³/mol. The molecule has 5 rings (SSSR count). The molecule has 2 amide bonds. The summed E-state index contributed by atoms with van der Waals surface area (Å²) in [5.41, 5.74) is 0. The number of thiocarbonyl (C=S) groups is 1. The van der Waals surface area contributed by atoms with Crippen molar-refractivity contribution in [2.75, 3.05) is 6.54 Å². The molecule has 0 unspecified atom stereocenters. The summed E-state index contributed by atoms with van der Waals surface area (Å²) in [6.45, 7) is 3.96. The summed E-state index contributed by atoms with van der Waals surface area (Å²) in [4.78, 5) is 29.6. The lowest BCUT2D eigenvalue weighted by molar-refractivity contribution is -0.534. The number of rotatable bonds is 4. The van der Waals surface area contributed by atoms with Crippen molar-refractivity contribution in [3.63, 3.8) is 0 Å². The fourth-order valence-electron chi connectivity index (χ4n) is 5.48. The lowest BCUT2D eigenvalue weighted by atomic mass is 9.54. The van der Waals surface area contributed by atoms with E-state index >= 15 is 0 Å². The van der Waals surface area contributed by atoms with Gasteiger partial charge in [-0.15, -0.1) is 6.58 Å². The van der Waals surface area contributed by atoms with E-state index in [1.54, 1.807) is 12.3 Å². The van der Waals surface area contributed by atoms with Gasteiger partial charge in [-0.2, -0.15) is 0 Å². The summed E-state index contributed by atoms with van der Waals surface area (Å²) in [5, 5.41) is 2.80. The summed E-state index contributed by atoms with van der Waals surface area (Å²) >= 11 is 5.08. The second kappa shape index (κ2) is 6.06. The molecule has 1 saturated heterocycles. The van der Waals surface area contributed by atoms with Crippen molar-refractivity contribution in [2.24, 2.45) is 29.6 Å². The van der Waals surface area contributed by atoms with Gasteiger partial charge < -0.3 is 5.32 Å². The Morgan fingerprint density at radius 1 is 1.17 bits per heavy atom. The van der Waals surface area contributed by atoms with Crippen LogP contribution in [0.1, 0.15) is 32.1 Å². The molecule has 128 valence electrons. The van der Waals surface area contributed by atoms with Crippen LogP contribution in [0.2, 0.25) is 0 Å². The zero-order valence-electron chi connectivity index (χ0n) is 13.7. The fourth-order valence-corrected chi connectivity index (χ4v) is 5.75. The first kappa shape index (κ1) is 15.9. The molecule has 2 N–H and O–H groups in total. The molecule has 5 aliphatic rings. The van der Waals surface area contributed by atoms with Crippen LogP contribution in [0.15, 0.2) is 12.7 Å². The van der Waals surface area contributed by atoms with E-state index in [0.29, 0.717) is 24.4 Å². The zero-order valence-corrected chi connectivity index (χ0v) is 14.6. The van der Waals surface area contributed by atoms with E-state index in [0.717, 1.165) is 11.8 Å². The Bertz CT molecular complexity index is 602. The molecule has 0 aromatic heterocycles. The fraction of sp³-hybridized carbons (Fsp3) is 0.667. The van der Waals surface area contributed by atoms with Gasteiger partial charge in [0, 0.05) is 18.4 Å². The van der Waals surface area contributed by atoms with Gasteiger partial charge in [-0.05, 0) is 56.2 Å². The third-order valence-electron chi connectivity index (χ3n) is 6.28. The number of carbonyl (C=O) groups is 2. The lowest BCUT2D eigenvalue weighted by Crippen LogP contribution is -2.84. The monoisotopic (exact) mass is 346 g/mol. The molecule has 24 heavy (non-hydrogen) atoms. The highest BCUT2D eigenvalue weighted by Crippen LogP contribution is 2.52. The maximum atomic E-state index is 12.6. The van der Waals surface area contributed by atoms with Crippen LogP contribution in [-0.2, 0) is 9.59 Å². The van der Waals surface area contributed by atoms with Crippen molar-refractivity contribution in [1.82, 2.24) is 10.2 Å². The van der Waals surface area contributed by atoms with Crippen molar-refractivity contribution >= 4 is 35.4 Å². The van der Waals surface area contributed by atoms with E-state index < -0.39 is 5.92 Å². The Morgan fingerprint density at radius 2 is 1.79 bits per heavy atom. The first-order valence-corrected chi connectivity index (χ1v) is 9.34. The molecule has 0 aromatic rings. The summed E-state index contributed by atoms with van der Waals surface area (Å²) in [6, 6.07) is 0.417. The molecular weight excluding hydrogens is 322 g/mol. The van der Waals surface area contributed by atoms with Crippen LogP contribution in [0.3, 0.4) is 0 Å². The first-order valence-electron chi connectivity index (χ1n) is 8.93. The highest BCUT2D eigenvalue weighted by Gasteiger charge is 2.51. The lowest BCUT2D eigenvalue weighted by Gasteiger charge is -2.50. The molecule has 4 bridgehead atoms. The van der Waals surface area contributed by atoms with E-state index in [-0.39, 0.29) is 16.9 Å². The van der Waals surface area contributed by atoms with Crippen LogP contribution in [0.25, 0.3) is 0 Å². The third-order valence-corrected chi connectivity index (χ3v) is 6.61. The van der Waals surface area contributed by atoms with Gasteiger partial charge in [0.1, 0.15) is 0 Å². The zero-order chi connectivity index (χ0) is 16.8. The van der Waals surface area contributed by atoms with Crippen molar-refractivity contribution in [1.29, 1.82) is 0 Å². The smallest absolute Gasteiger partial charge is 0.251 e. The number of nitrogens with one attached hydrogen (secondary N) is 2. The van der Waals surface area contributed by atoms with Crippen LogP contribution in [0.5, 0.6) is 0 Å². The molecule has 0 aromatic carbocycles. The van der Waals surface area contributed by atoms with Crippen LogP contribution in [0.4, 0.5) is 0 Å². The Labute approximate surface area is 147 Å². The molecule has 4 saturated carbocycles. The summed E-state index contributed by atoms with van der Waals surface area (Å²) < 4.78 is 0. The number of hydrogen-bond donors (Lipinski definition) is 2. The van der Waals surface area contributed by atoms with Gasteiger partial charge in [0.2, 0.25) is 5.91 Å². The topological polar surface area (TPSA) is 63.4 Å². The minimum Gasteiger partial charge on any atom is -0.301 e. The highest BCUT2D eigenvalue weighted by atomic mass is 32.1. The second-order valence-electron chi connectivity index (χ2n) is 7.80. The molecule has 0 spiro atoms. The quantitative estimate of drug-likeness (QED) is 0.326. The molecule has 5 fully saturated rings. The average Bonchev–Trinajstić information content (AvgIpc) is 2.52. The maximum Gasteiger partial charge on any atom is 0.251 e. The Kier molecular flexibility index (Phi) is 4.03. The first-order chi connectivity index (χ1) is 11.6. The maximum absolute atomic E-state index is 12.6. The standard InChI is InChI=1S/C18H23N3O2S/c1-2-3-21-17(23)14(16(22)20-18(21)24)9-19-15-12-5-10-4-11(7-12)8-13(15)6-10/h2,9-15H,1,3-8H2,(H,20,22,24)/p+1/t10?,11?,12?,13?,14-,15?/m0/s1. The number of nitrogens with zero attached hydrogens (tertiary/aromatic N) is 1. The van der Waals surface area contributed by atoms with Crippen LogP contribution in [0, 0.1) is 29.6 Å². The van der Waals surface area contributed by atoms with E-state index in [4.69, 9.17) is 12.2 Å². The largest absolute Gasteiger partial charge is 0.301 e. The van der Waals surface area contributed by atoms with Crippen molar-refractivity contribution in [3.8, 4) is 0 Å². The number of amides is 2. The van der Waals surface area contributed by atoms with Crippen LogP contribution < -0.4 is 10.3 Å². The van der Waals surface area contributed by atoms with E-state index in [9.17, 15) is 9.59 Å². The Balaban J connectivity index is 1.50. The van der Waals surface area contributed by atoms with Gasteiger partial charge in [-0.3, -0.25) is 14.5 Å². The molecule has 4 aliphatic carbocycles. The van der Waals surface area contributed by atoms with Gasteiger partial charge >= 0.3 is 0 Å². The summed E-state index contributed by atoms with van der Waals surface area (Å²) in [6.07, 6.45) is 9.95. The highest BCUT2D eigenvalue weighted by molar-refractivity contribution is 7.80. The van der Waals surface area contributed by atoms with Crippen molar-refractivity contribution in [2.45, 2.75) is 38.1 Å². The van der Waals surface area contributed by atoms with Gasteiger partial charge in [0.05, 0.1) is 0 Å². The SMILES string of the molecule is C=CCN1C(=O)[C@@H](C=[NH+]C2C3CC4CC(C3)CC2C4)C(=O)NC1=S. The molecule has 1 aliphatic heterocycles. The van der Waals surface area contributed by atoms with Gasteiger partial charge in [-0.25, -0.2) is 4.99 Å². The van der Waals surface area contributed by atoms with E-state index in [1.165, 1.54) is 37.0 Å². The minimum atomic E-state index is -0.811. The molecular formula is C18H24N3O2S+. The molecule has 0 radical (unpaired) electrons. The number of carbonyl (C=O) groups excluding carboxylic acids is 2. The Morgan fingerprint density at radius 3 is 2.38 bits per heavy atom. The molecule has 6 heteroatoms. The predicted octanol–water partition coefficient (Wildman–Crippen LogP) is 0.00800. The third kappa shape index (κ3) is 2.61. The van der Waals surface area contributed by atoms with Crippen molar-refractivity contribution < 1.29 is 14.6 Å². The average molecular weight is 346 g/mol. The molecule has 5 nitrogen and oxygen atoms in total. The van der Waals surface area contributed by atoms with Crippen molar-refractivity contribution in [3.05, 3.63) is 12.7 Å². The van der Waals surface area contributed by atoms with Crippen LogP contribution >= 0.6 is 12.2 Å². The molecule has 1 heterocycles. The summed E-state index contributed by atoms with van der Waals surface area (Å²) in [7, 11) is 0. The molecule has 1 atom stereocenters. The van der Waals surface area contributed by atoms with Crippen LogP contribution in [-0.4, -0.2) is 40.6 Å². The normalized spacial score (nSPS) is 41.2. The van der Waals surface area contributed by atoms with Gasteiger partial charge in [0.25, 0.3) is 5.91 Å². The van der Waals surface area contributed by atoms with Gasteiger partial charge in [-0.1, -0.05) is 6.08 Å². The van der Waals surface area contributed by atoms with Gasteiger partial charge in [0.15, 0.2) is 23.3 Å².